The van der Waals surface area contributed by atoms with Crippen LogP contribution in [0.2, 0.25) is 0 Å². The summed E-state index contributed by atoms with van der Waals surface area (Å²) in [5.41, 5.74) is 7.90. The zero-order chi connectivity index (χ0) is 28.2. The number of hydrogen-bond acceptors (Lipinski definition) is 8. The highest BCUT2D eigenvalue weighted by molar-refractivity contribution is 5.83. The topological polar surface area (TPSA) is 101 Å². The van der Waals surface area contributed by atoms with E-state index in [1.54, 1.807) is 6.07 Å². The molecule has 1 aliphatic rings. The van der Waals surface area contributed by atoms with Gasteiger partial charge in [-0.25, -0.2) is 28.7 Å². The zero-order valence-corrected chi connectivity index (χ0v) is 23.4. The summed E-state index contributed by atoms with van der Waals surface area (Å²) in [6.45, 7) is 12.7. The van der Waals surface area contributed by atoms with Crippen LogP contribution < -0.4 is 11.1 Å². The molecule has 0 aliphatic carbocycles. The van der Waals surface area contributed by atoms with Gasteiger partial charge in [-0.15, -0.1) is 0 Å². The van der Waals surface area contributed by atoms with Gasteiger partial charge < -0.3 is 20.5 Å². The van der Waals surface area contributed by atoms with Crippen LogP contribution in [-0.4, -0.2) is 73.6 Å². The van der Waals surface area contributed by atoms with E-state index in [4.69, 9.17) is 5.73 Å². The van der Waals surface area contributed by atoms with Crippen molar-refractivity contribution in [1.82, 2.24) is 34.3 Å². The normalized spacial score (nSPS) is 14.9. The Labute approximate surface area is 233 Å². The molecule has 0 spiro atoms. The van der Waals surface area contributed by atoms with Crippen LogP contribution in [-0.2, 0) is 6.54 Å². The first kappa shape index (κ1) is 28.0. The first-order valence-electron chi connectivity index (χ1n) is 13.9. The molecule has 0 atom stereocenters. The Bertz CT molecular complexity index is 1440. The van der Waals surface area contributed by atoms with Crippen molar-refractivity contribution in [1.29, 1.82) is 0 Å². The highest BCUT2D eigenvalue weighted by atomic mass is 19.1. The second kappa shape index (κ2) is 12.3. The monoisotopic (exact) mass is 549 g/mol. The molecule has 0 unspecified atom stereocenters. The summed E-state index contributed by atoms with van der Waals surface area (Å²) in [6.07, 6.45) is 5.15. The quantitative estimate of drug-likeness (QED) is 0.276. The molecule has 0 amide bonds. The van der Waals surface area contributed by atoms with Crippen molar-refractivity contribution in [3.8, 4) is 11.3 Å². The molecule has 9 nitrogen and oxygen atoms in total. The van der Waals surface area contributed by atoms with Crippen LogP contribution in [0.5, 0.6) is 0 Å². The number of fused-ring (bicyclic) bond motifs is 1. The molecule has 5 rings (SSSR count). The predicted octanol–water partition coefficient (Wildman–Crippen LogP) is 4.66. The molecule has 1 aliphatic heterocycles. The minimum Gasteiger partial charge on any atom is -0.330 e. The Morgan fingerprint density at radius 1 is 0.950 bits per heavy atom. The van der Waals surface area contributed by atoms with E-state index >= 15 is 0 Å². The highest BCUT2D eigenvalue weighted by Crippen LogP contribution is 2.30. The lowest BCUT2D eigenvalue weighted by Crippen LogP contribution is -2.46. The Hall–Kier alpha value is -3.54. The fourth-order valence-corrected chi connectivity index (χ4v) is 5.30. The van der Waals surface area contributed by atoms with E-state index in [-0.39, 0.29) is 23.2 Å². The number of rotatable bonds is 10. The number of pyridine rings is 1. The van der Waals surface area contributed by atoms with E-state index in [0.29, 0.717) is 22.7 Å². The molecule has 4 heterocycles. The van der Waals surface area contributed by atoms with E-state index in [9.17, 15) is 8.78 Å². The van der Waals surface area contributed by atoms with E-state index in [0.717, 1.165) is 70.4 Å². The Morgan fingerprint density at radius 2 is 1.73 bits per heavy atom. The summed E-state index contributed by atoms with van der Waals surface area (Å²) < 4.78 is 31.7. The van der Waals surface area contributed by atoms with Gasteiger partial charge in [-0.1, -0.05) is 6.07 Å². The van der Waals surface area contributed by atoms with E-state index in [2.05, 4.69) is 35.1 Å². The second-order valence-electron chi connectivity index (χ2n) is 10.6. The third-order valence-corrected chi connectivity index (χ3v) is 7.32. The van der Waals surface area contributed by atoms with Gasteiger partial charge in [0.25, 0.3) is 0 Å². The number of unbranched alkanes of at least 4 members (excludes halogenated alkanes) is 1. The van der Waals surface area contributed by atoms with Crippen LogP contribution in [0.1, 0.15) is 44.1 Å². The average Bonchev–Trinajstić information content (AvgIpc) is 3.28. The smallest absolute Gasteiger partial charge is 0.229 e. The molecular formula is C29H37F2N9. The lowest BCUT2D eigenvalue weighted by molar-refractivity contribution is 0.126. The van der Waals surface area contributed by atoms with Crippen molar-refractivity contribution in [2.75, 3.05) is 44.6 Å². The van der Waals surface area contributed by atoms with Gasteiger partial charge in [-0.3, -0.25) is 4.90 Å². The lowest BCUT2D eigenvalue weighted by atomic mass is 10.1. The van der Waals surface area contributed by atoms with Gasteiger partial charge in [0.1, 0.15) is 22.9 Å². The van der Waals surface area contributed by atoms with Crippen LogP contribution in [0.3, 0.4) is 0 Å². The van der Waals surface area contributed by atoms with Gasteiger partial charge in [0.2, 0.25) is 5.95 Å². The van der Waals surface area contributed by atoms with E-state index in [1.807, 2.05) is 43.7 Å². The van der Waals surface area contributed by atoms with Crippen molar-refractivity contribution in [2.45, 2.75) is 46.2 Å². The first-order chi connectivity index (χ1) is 19.3. The minimum absolute atomic E-state index is 0.00579. The number of imidazole rings is 1. The number of aromatic nitrogens is 5. The third-order valence-electron chi connectivity index (χ3n) is 7.32. The summed E-state index contributed by atoms with van der Waals surface area (Å²) in [4.78, 5) is 22.2. The molecule has 4 aromatic rings. The van der Waals surface area contributed by atoms with Crippen molar-refractivity contribution in [2.24, 2.45) is 5.73 Å². The third kappa shape index (κ3) is 6.27. The number of aryl methyl sites for hydroxylation is 1. The number of nitrogens with two attached hydrogens (primary N) is 1. The maximum Gasteiger partial charge on any atom is 0.229 e. The molecule has 1 aromatic carbocycles. The van der Waals surface area contributed by atoms with Gasteiger partial charge in [0.15, 0.2) is 11.6 Å². The van der Waals surface area contributed by atoms with Gasteiger partial charge in [-0.05, 0) is 70.5 Å². The molecule has 1 saturated heterocycles. The summed E-state index contributed by atoms with van der Waals surface area (Å²) in [5, 5.41) is 3.05. The number of hydrogen-bond donors (Lipinski definition) is 2. The molecule has 0 saturated carbocycles. The zero-order valence-electron chi connectivity index (χ0n) is 23.4. The number of benzene rings is 1. The summed E-state index contributed by atoms with van der Waals surface area (Å²) in [7, 11) is 0. The number of anilines is 2. The summed E-state index contributed by atoms with van der Waals surface area (Å²) >= 11 is 0. The predicted molar refractivity (Wildman–Crippen MR) is 153 cm³/mol. The molecule has 0 radical (unpaired) electrons. The number of halogens is 2. The number of nitrogens with one attached hydrogen (secondary N) is 1. The second-order valence-corrected chi connectivity index (χ2v) is 10.6. The Balaban J connectivity index is 1.26. The number of nitrogens with zero attached hydrogens (tertiary/aromatic N) is 7. The van der Waals surface area contributed by atoms with E-state index in [1.165, 1.54) is 6.07 Å². The van der Waals surface area contributed by atoms with E-state index < -0.39 is 11.6 Å². The van der Waals surface area contributed by atoms with Crippen molar-refractivity contribution >= 4 is 22.8 Å². The molecule has 3 N–H and O–H groups in total. The van der Waals surface area contributed by atoms with Crippen LogP contribution in [0.4, 0.5) is 20.5 Å². The van der Waals surface area contributed by atoms with Crippen molar-refractivity contribution < 1.29 is 8.78 Å². The molecule has 1 fully saturated rings. The molecule has 11 heteroatoms. The molecule has 40 heavy (non-hydrogen) atoms. The highest BCUT2D eigenvalue weighted by Gasteiger charge is 2.19. The minimum atomic E-state index is -0.639. The fourth-order valence-electron chi connectivity index (χ4n) is 5.30. The summed E-state index contributed by atoms with van der Waals surface area (Å²) in [5.74, 6) is 0.256. The van der Waals surface area contributed by atoms with Crippen LogP contribution in [0.15, 0.2) is 36.7 Å². The lowest BCUT2D eigenvalue weighted by Gasteiger charge is -2.34. The van der Waals surface area contributed by atoms with Crippen LogP contribution >= 0.6 is 0 Å². The SMILES string of the molecule is Cc1nc2c(F)cc(-c3nc(Nc4ccc(CN5CCN(CCCCN)CC5)cn4)ncc3F)cc2n1C(C)C. The maximum absolute atomic E-state index is 15.0. The largest absolute Gasteiger partial charge is 0.330 e. The van der Waals surface area contributed by atoms with Crippen molar-refractivity contribution in [3.05, 3.63) is 59.7 Å². The van der Waals surface area contributed by atoms with Crippen LogP contribution in [0.25, 0.3) is 22.3 Å². The standard InChI is InChI=1S/C29H37F2N9/c1-19(2)40-20(3)35-28-23(30)14-22(15-25(28)40)27-24(31)17-34-29(37-27)36-26-7-6-21(16-33-26)18-39-12-10-38(11-13-39)9-5-4-8-32/h6-7,14-17,19H,4-5,8-13,18,32H2,1-3H3,(H,33,34,36,37). The van der Waals surface area contributed by atoms with Crippen molar-refractivity contribution in [3.63, 3.8) is 0 Å². The first-order valence-corrected chi connectivity index (χ1v) is 13.9. The van der Waals surface area contributed by atoms with Gasteiger partial charge in [-0.2, -0.15) is 0 Å². The number of piperazine rings is 1. The summed E-state index contributed by atoms with van der Waals surface area (Å²) in [6, 6.07) is 6.94. The maximum atomic E-state index is 15.0. The molecular weight excluding hydrogens is 512 g/mol. The average molecular weight is 550 g/mol. The van der Waals surface area contributed by atoms with Crippen LogP contribution in [0, 0.1) is 18.6 Å². The van der Waals surface area contributed by atoms with Gasteiger partial charge in [0.05, 0.1) is 11.7 Å². The molecule has 0 bridgehead atoms. The Kier molecular flexibility index (Phi) is 8.63. The fraction of sp³-hybridized carbons (Fsp3) is 0.448. The molecule has 3 aromatic heterocycles. The van der Waals surface area contributed by atoms with Gasteiger partial charge >= 0.3 is 0 Å². The van der Waals surface area contributed by atoms with Gasteiger partial charge in [0, 0.05) is 50.5 Å². The Morgan fingerprint density at radius 3 is 2.42 bits per heavy atom. The molecule has 212 valence electrons.